The molecule has 3 rings (SSSR count). The van der Waals surface area contributed by atoms with E-state index in [2.05, 4.69) is 20.2 Å². The Morgan fingerprint density at radius 1 is 1.18 bits per heavy atom. The van der Waals surface area contributed by atoms with Crippen LogP contribution in [0.25, 0.3) is 4.85 Å². The second kappa shape index (κ2) is 7.65. The van der Waals surface area contributed by atoms with Crippen LogP contribution < -0.4 is 10.1 Å². The highest BCUT2D eigenvalue weighted by Crippen LogP contribution is 2.34. The zero-order valence-electron chi connectivity index (χ0n) is 13.8. The molecule has 28 heavy (non-hydrogen) atoms. The Bertz CT molecular complexity index is 1160. The van der Waals surface area contributed by atoms with E-state index < -0.39 is 22.0 Å². The van der Waals surface area contributed by atoms with Gasteiger partial charge in [-0.25, -0.2) is 13.6 Å². The molecular weight excluding hydrogens is 427 g/mol. The van der Waals surface area contributed by atoms with Gasteiger partial charge in [-0.1, -0.05) is 48.0 Å². The number of primary sulfonamides is 1. The third-order valence-electron chi connectivity index (χ3n) is 3.59. The lowest BCUT2D eigenvalue weighted by Crippen LogP contribution is -2.29. The number of rotatable bonds is 4. The molecule has 12 heteroatoms. The van der Waals surface area contributed by atoms with Gasteiger partial charge in [-0.2, -0.15) is 10.2 Å². The minimum Gasteiger partial charge on any atom is -0.360 e. The summed E-state index contributed by atoms with van der Waals surface area (Å²) in [6, 6.07) is 9.46. The van der Waals surface area contributed by atoms with Crippen molar-refractivity contribution in [2.75, 3.05) is 5.01 Å². The molecule has 0 saturated carbocycles. The van der Waals surface area contributed by atoms with Crippen LogP contribution in [0.3, 0.4) is 0 Å². The number of nitrogens with two attached hydrogens (primary N) is 1. The molecule has 0 spiro atoms. The van der Waals surface area contributed by atoms with Gasteiger partial charge < -0.3 is 4.85 Å². The smallest absolute Gasteiger partial charge is 0.307 e. The number of carbonyl (C=O) groups excluding carboxylic acids is 1. The lowest BCUT2D eigenvalue weighted by molar-refractivity contribution is -0.117. The molecule has 0 fully saturated rings. The van der Waals surface area contributed by atoms with E-state index in [1.165, 1.54) is 0 Å². The van der Waals surface area contributed by atoms with Gasteiger partial charge >= 0.3 is 5.84 Å². The quantitative estimate of drug-likeness (QED) is 0.583. The van der Waals surface area contributed by atoms with E-state index in [4.69, 9.17) is 34.9 Å². The molecule has 1 unspecified atom stereocenters. The SMILES string of the molecule is [C-]#[N+]C1=NN(c2ccccc2)C(=O)C1N=Nc1cc(Cl)c(S(N)(=O)=O)cc1Cl. The predicted octanol–water partition coefficient (Wildman–Crippen LogP) is 3.37. The van der Waals surface area contributed by atoms with Crippen LogP contribution in [0, 0.1) is 6.57 Å². The Kier molecular flexibility index (Phi) is 5.44. The van der Waals surface area contributed by atoms with Gasteiger partial charge in [-0.3, -0.25) is 4.79 Å². The highest BCUT2D eigenvalue weighted by molar-refractivity contribution is 7.89. The van der Waals surface area contributed by atoms with Gasteiger partial charge in [0.1, 0.15) is 10.6 Å². The molecule has 2 N–H and O–H groups in total. The molecule has 1 heterocycles. The minimum absolute atomic E-state index is 0.00867. The van der Waals surface area contributed by atoms with Gasteiger partial charge in [0.2, 0.25) is 16.1 Å². The van der Waals surface area contributed by atoms with E-state index in [1.54, 1.807) is 30.3 Å². The molecular formula is C16H10Cl2N6O3S. The number of para-hydroxylation sites is 1. The Balaban J connectivity index is 1.93. The summed E-state index contributed by atoms with van der Waals surface area (Å²) in [5, 5.41) is 17.5. The molecule has 0 aliphatic carbocycles. The fourth-order valence-electron chi connectivity index (χ4n) is 2.30. The molecule has 9 nitrogen and oxygen atoms in total. The van der Waals surface area contributed by atoms with Crippen molar-refractivity contribution in [2.45, 2.75) is 10.9 Å². The molecule has 2 aromatic rings. The van der Waals surface area contributed by atoms with E-state index in [-0.39, 0.29) is 26.5 Å². The molecule has 1 amide bonds. The number of carbonyl (C=O) groups is 1. The Morgan fingerprint density at radius 3 is 2.46 bits per heavy atom. The van der Waals surface area contributed by atoms with Crippen molar-refractivity contribution in [1.82, 2.24) is 0 Å². The minimum atomic E-state index is -4.07. The van der Waals surface area contributed by atoms with Crippen molar-refractivity contribution < 1.29 is 13.2 Å². The lowest BCUT2D eigenvalue weighted by Gasteiger charge is -2.08. The van der Waals surface area contributed by atoms with Gasteiger partial charge in [0.15, 0.2) is 0 Å². The molecule has 1 aliphatic rings. The van der Waals surface area contributed by atoms with E-state index in [0.717, 1.165) is 17.1 Å². The molecule has 0 saturated heterocycles. The first-order chi connectivity index (χ1) is 13.2. The summed E-state index contributed by atoms with van der Waals surface area (Å²) in [5.74, 6) is -0.731. The summed E-state index contributed by atoms with van der Waals surface area (Å²) < 4.78 is 22.9. The summed E-state index contributed by atoms with van der Waals surface area (Å²) in [6.07, 6.45) is 0. The Hall–Kier alpha value is -2.84. The van der Waals surface area contributed by atoms with Gasteiger partial charge in [0.05, 0.1) is 15.7 Å². The first kappa shape index (κ1) is 19.9. The van der Waals surface area contributed by atoms with E-state index in [0.29, 0.717) is 5.69 Å². The molecule has 0 radical (unpaired) electrons. The number of amidine groups is 1. The second-order valence-corrected chi connectivity index (χ2v) is 7.80. The van der Waals surface area contributed by atoms with Crippen molar-refractivity contribution in [1.29, 1.82) is 0 Å². The average Bonchev–Trinajstić information content (AvgIpc) is 2.97. The summed E-state index contributed by atoms with van der Waals surface area (Å²) in [7, 11) is -4.07. The number of hydrazone groups is 1. The number of anilines is 1. The van der Waals surface area contributed by atoms with Gasteiger partial charge in [0.25, 0.3) is 5.91 Å². The number of sulfonamides is 1. The largest absolute Gasteiger partial charge is 0.360 e. The molecule has 1 atom stereocenters. The third-order valence-corrected chi connectivity index (χ3v) is 5.27. The summed E-state index contributed by atoms with van der Waals surface area (Å²) in [4.78, 5) is 15.4. The van der Waals surface area contributed by atoms with Crippen LogP contribution in [0.2, 0.25) is 10.0 Å². The maximum Gasteiger partial charge on any atom is 0.307 e. The number of hydrogen-bond donors (Lipinski definition) is 1. The van der Waals surface area contributed by atoms with Crippen LogP contribution in [0.15, 0.2) is 62.7 Å². The molecule has 0 bridgehead atoms. The van der Waals surface area contributed by atoms with Crippen LogP contribution in [-0.4, -0.2) is 26.2 Å². The van der Waals surface area contributed by atoms with Crippen molar-refractivity contribution in [3.8, 4) is 0 Å². The van der Waals surface area contributed by atoms with Crippen molar-refractivity contribution in [2.24, 2.45) is 20.5 Å². The van der Waals surface area contributed by atoms with Crippen molar-refractivity contribution in [3.63, 3.8) is 0 Å². The van der Waals surface area contributed by atoms with Crippen LogP contribution in [0.4, 0.5) is 11.4 Å². The summed E-state index contributed by atoms with van der Waals surface area (Å²) in [6.45, 7) is 7.21. The Morgan fingerprint density at radius 2 is 1.86 bits per heavy atom. The molecule has 2 aromatic carbocycles. The first-order valence-electron chi connectivity index (χ1n) is 7.50. The monoisotopic (exact) mass is 436 g/mol. The van der Waals surface area contributed by atoms with E-state index in [1.807, 2.05) is 0 Å². The van der Waals surface area contributed by atoms with Gasteiger partial charge in [0, 0.05) is 0 Å². The first-order valence-corrected chi connectivity index (χ1v) is 9.80. The highest BCUT2D eigenvalue weighted by Gasteiger charge is 2.40. The number of benzene rings is 2. The number of amides is 1. The Labute approximate surface area is 169 Å². The number of halogens is 2. The fraction of sp³-hybridized carbons (Fsp3) is 0.0625. The van der Waals surface area contributed by atoms with E-state index in [9.17, 15) is 13.2 Å². The summed E-state index contributed by atoms with van der Waals surface area (Å²) >= 11 is 11.9. The lowest BCUT2D eigenvalue weighted by atomic mass is 10.2. The zero-order chi connectivity index (χ0) is 20.5. The van der Waals surface area contributed by atoms with Crippen molar-refractivity contribution >= 4 is 56.3 Å². The maximum atomic E-state index is 12.6. The molecule has 142 valence electrons. The van der Waals surface area contributed by atoms with Crippen LogP contribution in [0.5, 0.6) is 0 Å². The average molecular weight is 437 g/mol. The van der Waals surface area contributed by atoms with Gasteiger partial charge in [-0.05, 0) is 29.4 Å². The fourth-order valence-corrected chi connectivity index (χ4v) is 3.66. The maximum absolute atomic E-state index is 12.6. The van der Waals surface area contributed by atoms with Gasteiger partial charge in [-0.15, -0.1) is 5.01 Å². The topological polar surface area (TPSA) is 122 Å². The third kappa shape index (κ3) is 3.88. The standard InChI is InChI=1S/C16H10Cl2N6O3S/c1-20-15-14(16(25)24(23-15)9-5-3-2-4-6-9)22-21-12-7-11(18)13(8-10(12)17)28(19,26)27/h2-8,14H,(H2,19,26,27). The normalized spacial score (nSPS) is 17.1. The number of azo groups is 1. The second-order valence-electron chi connectivity index (χ2n) is 5.45. The zero-order valence-corrected chi connectivity index (χ0v) is 16.1. The van der Waals surface area contributed by atoms with Crippen LogP contribution in [-0.2, 0) is 14.8 Å². The number of hydrogen-bond acceptors (Lipinski definition) is 6. The molecule has 0 aromatic heterocycles. The van der Waals surface area contributed by atoms with Crippen molar-refractivity contribution in [3.05, 3.63) is 63.9 Å². The van der Waals surface area contributed by atoms with Crippen LogP contribution in [0.1, 0.15) is 0 Å². The summed E-state index contributed by atoms with van der Waals surface area (Å²) in [5.41, 5.74) is 0.485. The number of nitrogens with zero attached hydrogens (tertiary/aromatic N) is 5. The predicted molar refractivity (Wildman–Crippen MR) is 104 cm³/mol. The van der Waals surface area contributed by atoms with E-state index >= 15 is 0 Å². The van der Waals surface area contributed by atoms with Crippen LogP contribution >= 0.6 is 23.2 Å². The highest BCUT2D eigenvalue weighted by atomic mass is 35.5. The molecule has 1 aliphatic heterocycles.